The summed E-state index contributed by atoms with van der Waals surface area (Å²) < 4.78 is 108. The fourth-order valence-electron chi connectivity index (χ4n) is 18.4. The summed E-state index contributed by atoms with van der Waals surface area (Å²) in [6, 6.07) is 43.4. The van der Waals surface area contributed by atoms with Crippen LogP contribution >= 0.6 is 42.6 Å². The fraction of sp³-hybridized carbons (Fsp3) is 0.707. The van der Waals surface area contributed by atoms with Crippen molar-refractivity contribution >= 4 is 66.6 Å². The molecule has 5 aromatic rings. The average Bonchev–Trinajstić information content (AvgIpc) is 0.770. The number of alkyl carbamates (subject to hydrolysis) is 1. The van der Waals surface area contributed by atoms with E-state index in [-0.39, 0.29) is 65.0 Å². The van der Waals surface area contributed by atoms with Crippen molar-refractivity contribution in [3.05, 3.63) is 179 Å². The number of ether oxygens (including phenoxy) is 11. The van der Waals surface area contributed by atoms with Gasteiger partial charge in [0.2, 0.25) is 9.70 Å². The van der Waals surface area contributed by atoms with E-state index in [0.717, 1.165) is 145 Å². The number of rotatable bonds is 86. The van der Waals surface area contributed by atoms with Crippen molar-refractivity contribution in [2.24, 2.45) is 0 Å². The monoisotopic (exact) mass is 2060 g/mol. The molecular weight excluding hydrogens is 1880 g/mol. The van der Waals surface area contributed by atoms with Gasteiger partial charge in [-0.2, -0.15) is 0 Å². The molecule has 26 heteroatoms. The van der Waals surface area contributed by atoms with Gasteiger partial charge in [-0.1, -0.05) is 504 Å². The Balaban J connectivity index is 1.27. The number of benzene rings is 5. The number of alkyl halides is 3. The lowest BCUT2D eigenvalue weighted by Crippen LogP contribution is -2.68. The normalized spacial score (nSPS) is 18.9. The molecule has 0 spiro atoms. The first-order valence-corrected chi connectivity index (χ1v) is 58.1. The number of unbranched alkanes of at least 4 members (excludes halogenated alkanes) is 42. The van der Waals surface area contributed by atoms with Crippen molar-refractivity contribution in [2.75, 3.05) is 33.0 Å². The molecule has 3 N–H and O–H groups in total. The molecular formula is C116H182Cl3N2O20P. The van der Waals surface area contributed by atoms with E-state index in [1.807, 2.05) is 127 Å². The zero-order valence-corrected chi connectivity index (χ0v) is 90.4. The Hall–Kier alpha value is -5.60. The second kappa shape index (κ2) is 78.6. The van der Waals surface area contributed by atoms with Crippen LogP contribution in [0.5, 0.6) is 0 Å². The van der Waals surface area contributed by atoms with Crippen LogP contribution in [0.3, 0.4) is 0 Å². The topological polar surface area (TPSA) is 259 Å². The predicted octanol–water partition coefficient (Wildman–Crippen LogP) is 30.1. The summed E-state index contributed by atoms with van der Waals surface area (Å²) >= 11 is 19.0. The molecule has 0 saturated carbocycles. The lowest BCUT2D eigenvalue weighted by atomic mass is 9.95. The third-order valence-electron chi connectivity index (χ3n) is 26.7. The molecule has 13 atom stereocenters. The Labute approximate surface area is 870 Å². The van der Waals surface area contributed by atoms with Crippen molar-refractivity contribution in [2.45, 2.75) is 491 Å². The van der Waals surface area contributed by atoms with E-state index in [0.29, 0.717) is 43.6 Å². The van der Waals surface area contributed by atoms with Crippen LogP contribution in [-0.4, -0.2) is 145 Å². The van der Waals surface area contributed by atoms with E-state index in [1.165, 1.54) is 173 Å². The molecule has 0 aliphatic carbocycles. The Morgan fingerprint density at radius 3 is 1.11 bits per heavy atom. The highest BCUT2D eigenvalue weighted by molar-refractivity contribution is 7.48. The second-order valence-corrected chi connectivity index (χ2v) is 43.5. The number of nitrogens with one attached hydrogen (secondary N) is 2. The lowest BCUT2D eigenvalue weighted by Gasteiger charge is -2.47. The van der Waals surface area contributed by atoms with Crippen LogP contribution in [0.25, 0.3) is 0 Å². The molecule has 2 saturated heterocycles. The number of phosphoric ester groups is 1. The number of esters is 2. The minimum atomic E-state index is -4.95. The van der Waals surface area contributed by atoms with Gasteiger partial charge in [0.25, 0.3) is 0 Å². The first-order chi connectivity index (χ1) is 69.4. The highest BCUT2D eigenvalue weighted by Gasteiger charge is 2.55. The molecule has 0 bridgehead atoms. The number of hydrogen-bond acceptors (Lipinski definition) is 20. The van der Waals surface area contributed by atoms with E-state index in [1.54, 1.807) is 24.3 Å². The van der Waals surface area contributed by atoms with Crippen LogP contribution in [0.4, 0.5) is 4.79 Å². The average molecular weight is 2060 g/mol. The number of amides is 2. The summed E-state index contributed by atoms with van der Waals surface area (Å²) in [5, 5.41) is 19.5. The molecule has 802 valence electrons. The maximum absolute atomic E-state index is 16.2. The molecule has 5 aromatic carbocycles. The number of halogens is 3. The Morgan fingerprint density at radius 2 is 0.704 bits per heavy atom. The van der Waals surface area contributed by atoms with Crippen molar-refractivity contribution in [1.82, 2.24) is 10.6 Å². The molecule has 7 rings (SSSR count). The van der Waals surface area contributed by atoms with Gasteiger partial charge in [0.15, 0.2) is 18.7 Å². The highest BCUT2D eigenvalue weighted by atomic mass is 35.6. The summed E-state index contributed by atoms with van der Waals surface area (Å²) in [5.74, 6) is -1.71. The molecule has 142 heavy (non-hydrogen) atoms. The zero-order valence-electron chi connectivity index (χ0n) is 87.3. The van der Waals surface area contributed by atoms with Gasteiger partial charge in [0.1, 0.15) is 55.3 Å². The van der Waals surface area contributed by atoms with Gasteiger partial charge in [-0.25, -0.2) is 9.36 Å². The largest absolute Gasteiger partial charge is 0.475 e. The lowest BCUT2D eigenvalue weighted by molar-refractivity contribution is -0.309. The van der Waals surface area contributed by atoms with Gasteiger partial charge < -0.3 is 67.8 Å². The van der Waals surface area contributed by atoms with Crippen LogP contribution in [0.2, 0.25) is 0 Å². The summed E-state index contributed by atoms with van der Waals surface area (Å²) in [6.45, 7) is 9.76. The SMILES string of the molecule is CCCCCCCCCCCCO[C@H](CCCCCCCCCCC)CC(=O)O[C@H](CCCCCCCCCCC)CC(=O)N[C@H]1[C@@H](OCc2ccccc2)O[C@H](CO[C@@H]2O[C@H](COCc3ccccc3)[C@@H](OP(=O)(OCc3ccccc3)OCc3ccccc3)[C@H](OC(=O)C[C@@H](CCCCCCCCCCC)OCCCCCCCCCCCC)[C@H]2NC(=O)OCC(Cl)(Cl)Cl)[C@@H](O)[C@@H]1OCc1ccccc1. The van der Waals surface area contributed by atoms with Gasteiger partial charge >= 0.3 is 25.9 Å². The Bertz CT molecular complexity index is 3920. The molecule has 0 radical (unpaired) electrons. The van der Waals surface area contributed by atoms with E-state index < -0.39 is 122 Å². The molecule has 0 unspecified atom stereocenters. The smallest absolute Gasteiger partial charge is 0.462 e. The number of aliphatic hydroxyl groups excluding tert-OH is 1. The minimum Gasteiger partial charge on any atom is -0.462 e. The number of carbonyl (C=O) groups is 4. The minimum absolute atomic E-state index is 0.0204. The van der Waals surface area contributed by atoms with E-state index in [9.17, 15) is 14.7 Å². The molecule has 2 aliphatic rings. The zero-order chi connectivity index (χ0) is 101. The van der Waals surface area contributed by atoms with Crippen molar-refractivity contribution in [3.8, 4) is 0 Å². The maximum Gasteiger partial charge on any atom is 0.475 e. The Kier molecular flexibility index (Phi) is 68.3. The second-order valence-electron chi connectivity index (χ2n) is 39.3. The van der Waals surface area contributed by atoms with Crippen LogP contribution in [-0.2, 0) is 118 Å². The van der Waals surface area contributed by atoms with Gasteiger partial charge in [0, 0.05) is 13.2 Å². The summed E-state index contributed by atoms with van der Waals surface area (Å²) in [4.78, 5) is 60.9. The first kappa shape index (κ1) is 123. The van der Waals surface area contributed by atoms with E-state index in [4.69, 9.17) is 100 Å². The highest BCUT2D eigenvalue weighted by Crippen LogP contribution is 2.54. The van der Waals surface area contributed by atoms with Crippen molar-refractivity contribution < 1.29 is 94.5 Å². The fourth-order valence-corrected chi connectivity index (χ4v) is 20.0. The van der Waals surface area contributed by atoms with E-state index in [2.05, 4.69) is 45.3 Å². The van der Waals surface area contributed by atoms with Crippen LogP contribution in [0, 0.1) is 0 Å². The van der Waals surface area contributed by atoms with Crippen LogP contribution in [0.1, 0.15) is 403 Å². The summed E-state index contributed by atoms with van der Waals surface area (Å²) in [6.07, 6.45) is 38.9. The standard InChI is InChI=1S/C116H182Cl3N2O20P/c1-6-11-16-21-26-31-36-41-46-66-81-129-99(78-63-43-38-33-28-23-18-13-8-3)84-105(123)137-101(80-65-45-40-35-30-25-20-15-10-5)83-104(122)120-107-111(131-87-95-70-55-49-56-71-95)109(125)102(138-113(107)132-88-96-72-57-50-58-73-96)92-133-114-108(121-115(126)134-93-116(117,118)119)112(140-106(124)85-100(79-64-44-39-34-29-24-19-14-9-4)130-82-67-47-42-37-32-27-22-17-12-7-2)110(103(139-114)91-128-86-94-68-53-48-54-69-94)141-142(127,135-89-97-74-59-51-60-75-97)136-90-98-76-61-52-62-77-98/h48-62,68-77,99-103,107-114,125H,6-47,63-67,78-93H2,1-5H3,(H,120,122)(H,121,126)/t99-,100-,101-,102-,103-,107-,108-,109-,110-,111-,112-,113+,114-/m1/s1. The number of carbonyl (C=O) groups excluding carboxylic acids is 4. The molecule has 2 heterocycles. The quantitative estimate of drug-likeness (QED) is 0.0107. The molecule has 2 amide bonds. The predicted molar refractivity (Wildman–Crippen MR) is 569 cm³/mol. The van der Waals surface area contributed by atoms with Crippen LogP contribution in [0.15, 0.2) is 152 Å². The third kappa shape index (κ3) is 56.7. The maximum atomic E-state index is 16.2. The van der Waals surface area contributed by atoms with Gasteiger partial charge in [0.05, 0.1) is 77.7 Å². The van der Waals surface area contributed by atoms with E-state index >= 15 is 14.2 Å². The summed E-state index contributed by atoms with van der Waals surface area (Å²) in [5.41, 5.74) is 3.52. The van der Waals surface area contributed by atoms with Gasteiger partial charge in [-0.3, -0.25) is 28.0 Å². The van der Waals surface area contributed by atoms with Gasteiger partial charge in [-0.15, -0.1) is 0 Å². The molecule has 22 nitrogen and oxygen atoms in total. The molecule has 2 aliphatic heterocycles. The summed E-state index contributed by atoms with van der Waals surface area (Å²) in [7, 11) is -4.95. The van der Waals surface area contributed by atoms with Crippen molar-refractivity contribution in [1.29, 1.82) is 0 Å². The molecule has 2 fully saturated rings. The van der Waals surface area contributed by atoms with Gasteiger partial charge in [-0.05, 0) is 66.3 Å². The van der Waals surface area contributed by atoms with Crippen molar-refractivity contribution in [3.63, 3.8) is 0 Å². The molecule has 0 aromatic heterocycles. The first-order valence-electron chi connectivity index (χ1n) is 55.5. The number of hydrogen-bond donors (Lipinski definition) is 3. The van der Waals surface area contributed by atoms with Crippen LogP contribution < -0.4 is 10.6 Å². The number of aliphatic hydroxyl groups is 1. The Morgan fingerprint density at radius 1 is 0.366 bits per heavy atom. The number of phosphoric acid groups is 1. The third-order valence-corrected chi connectivity index (χ3v) is 28.5.